The predicted molar refractivity (Wildman–Crippen MR) is 140 cm³/mol. The summed E-state index contributed by atoms with van der Waals surface area (Å²) < 4.78 is 12.2. The van der Waals surface area contributed by atoms with Crippen LogP contribution in [0.3, 0.4) is 0 Å². The fraction of sp³-hybridized carbons (Fsp3) is 0.241. The molecule has 4 rings (SSSR count). The van der Waals surface area contributed by atoms with Gasteiger partial charge in [0.1, 0.15) is 18.0 Å². The summed E-state index contributed by atoms with van der Waals surface area (Å²) in [5, 5.41) is 3.74. The van der Waals surface area contributed by atoms with Crippen LogP contribution in [0.2, 0.25) is 0 Å². The van der Waals surface area contributed by atoms with E-state index >= 15 is 0 Å². The lowest BCUT2D eigenvalue weighted by Gasteiger charge is -2.15. The second kappa shape index (κ2) is 10.9. The van der Waals surface area contributed by atoms with Gasteiger partial charge in [0.25, 0.3) is 5.56 Å². The summed E-state index contributed by atoms with van der Waals surface area (Å²) in [7, 11) is 3.13. The van der Waals surface area contributed by atoms with Crippen LogP contribution < -0.4 is 20.3 Å². The highest BCUT2D eigenvalue weighted by atomic mass is 16.5. The van der Waals surface area contributed by atoms with Crippen LogP contribution in [0.25, 0.3) is 10.9 Å². The van der Waals surface area contributed by atoms with E-state index in [1.54, 1.807) is 32.4 Å². The molecule has 3 aromatic carbocycles. The van der Waals surface area contributed by atoms with Crippen LogP contribution in [-0.2, 0) is 30.6 Å². The Kier molecular flexibility index (Phi) is 7.51. The van der Waals surface area contributed by atoms with Gasteiger partial charge in [-0.2, -0.15) is 0 Å². The number of nitrogens with one attached hydrogen (secondary N) is 1. The van der Waals surface area contributed by atoms with E-state index in [1.807, 2.05) is 30.3 Å². The minimum absolute atomic E-state index is 0.125. The van der Waals surface area contributed by atoms with Crippen molar-refractivity contribution in [2.24, 2.45) is 0 Å². The van der Waals surface area contributed by atoms with Crippen molar-refractivity contribution in [2.75, 3.05) is 19.5 Å². The van der Waals surface area contributed by atoms with Gasteiger partial charge in [0.2, 0.25) is 5.91 Å². The molecular weight excluding hydrogens is 440 g/mol. The van der Waals surface area contributed by atoms with Crippen molar-refractivity contribution in [1.29, 1.82) is 0 Å². The quantitative estimate of drug-likeness (QED) is 0.374. The molecule has 4 aromatic rings. The number of pyridine rings is 1. The van der Waals surface area contributed by atoms with Gasteiger partial charge in [-0.25, -0.2) is 0 Å². The number of carbonyl (C=O) groups is 1. The SMILES string of the molecule is CCc1ccc(CCc2cc3ccc(OC)cc3n(CC(=O)Nc3ccccc3OC)c2=O)cc1. The van der Waals surface area contributed by atoms with Gasteiger partial charge in [-0.3, -0.25) is 14.2 Å². The number of benzene rings is 3. The van der Waals surface area contributed by atoms with Gasteiger partial charge in [0, 0.05) is 11.6 Å². The van der Waals surface area contributed by atoms with Gasteiger partial charge in [-0.1, -0.05) is 43.3 Å². The van der Waals surface area contributed by atoms with Gasteiger partial charge in [-0.05, 0) is 66.1 Å². The number of para-hydroxylation sites is 2. The Labute approximate surface area is 205 Å². The van der Waals surface area contributed by atoms with E-state index in [9.17, 15) is 9.59 Å². The van der Waals surface area contributed by atoms with Gasteiger partial charge in [-0.15, -0.1) is 0 Å². The lowest BCUT2D eigenvalue weighted by atomic mass is 10.0. The van der Waals surface area contributed by atoms with E-state index in [1.165, 1.54) is 15.7 Å². The van der Waals surface area contributed by atoms with Crippen molar-refractivity contribution in [3.8, 4) is 11.5 Å². The van der Waals surface area contributed by atoms with Crippen molar-refractivity contribution in [3.05, 3.63) is 99.8 Å². The molecule has 1 amide bonds. The number of amides is 1. The molecule has 1 aromatic heterocycles. The zero-order valence-corrected chi connectivity index (χ0v) is 20.3. The number of rotatable bonds is 9. The molecule has 0 fully saturated rings. The van der Waals surface area contributed by atoms with Crippen LogP contribution in [0.15, 0.2) is 77.6 Å². The summed E-state index contributed by atoms with van der Waals surface area (Å²) >= 11 is 0. The fourth-order valence-corrected chi connectivity index (χ4v) is 4.18. The number of hydrogen-bond acceptors (Lipinski definition) is 4. The molecule has 0 spiro atoms. The topological polar surface area (TPSA) is 69.6 Å². The highest BCUT2D eigenvalue weighted by Crippen LogP contribution is 2.24. The molecule has 0 radical (unpaired) electrons. The first-order valence-corrected chi connectivity index (χ1v) is 11.7. The molecule has 0 bridgehead atoms. The lowest BCUT2D eigenvalue weighted by molar-refractivity contribution is -0.116. The number of carbonyl (C=O) groups excluding carboxylic acids is 1. The van der Waals surface area contributed by atoms with Crippen molar-refractivity contribution >= 4 is 22.5 Å². The third-order valence-electron chi connectivity index (χ3n) is 6.18. The smallest absolute Gasteiger partial charge is 0.254 e. The summed E-state index contributed by atoms with van der Waals surface area (Å²) in [6, 6.07) is 23.2. The van der Waals surface area contributed by atoms with Crippen molar-refractivity contribution < 1.29 is 14.3 Å². The zero-order chi connectivity index (χ0) is 24.8. The minimum atomic E-state index is -0.312. The van der Waals surface area contributed by atoms with Crippen LogP contribution in [0.5, 0.6) is 11.5 Å². The van der Waals surface area contributed by atoms with Crippen LogP contribution in [0.1, 0.15) is 23.6 Å². The maximum absolute atomic E-state index is 13.5. The van der Waals surface area contributed by atoms with E-state index in [4.69, 9.17) is 9.47 Å². The van der Waals surface area contributed by atoms with Gasteiger partial charge in [0.05, 0.1) is 25.4 Å². The summed E-state index contributed by atoms with van der Waals surface area (Å²) in [6.45, 7) is 2.01. The average Bonchev–Trinajstić information content (AvgIpc) is 2.89. The molecule has 0 atom stereocenters. The largest absolute Gasteiger partial charge is 0.497 e. The minimum Gasteiger partial charge on any atom is -0.497 e. The number of ether oxygens (including phenoxy) is 2. The molecule has 180 valence electrons. The second-order valence-corrected chi connectivity index (χ2v) is 8.40. The van der Waals surface area contributed by atoms with E-state index in [0.717, 1.165) is 18.2 Å². The number of aromatic nitrogens is 1. The molecule has 1 heterocycles. The van der Waals surface area contributed by atoms with E-state index in [-0.39, 0.29) is 18.0 Å². The van der Waals surface area contributed by atoms with Crippen LogP contribution in [0, 0.1) is 0 Å². The monoisotopic (exact) mass is 470 g/mol. The predicted octanol–water partition coefficient (Wildman–Crippen LogP) is 5.01. The number of methoxy groups -OCH3 is 2. The van der Waals surface area contributed by atoms with Crippen molar-refractivity contribution in [2.45, 2.75) is 32.7 Å². The van der Waals surface area contributed by atoms with Gasteiger partial charge in [0.15, 0.2) is 0 Å². The molecule has 0 aliphatic rings. The standard InChI is InChI=1S/C29H30N2O4/c1-4-20-9-11-21(12-10-20)13-14-23-17-22-15-16-24(34-2)18-26(22)31(29(23)33)19-28(32)30-25-7-5-6-8-27(25)35-3/h5-12,15-18H,4,13-14,19H2,1-3H3,(H,30,32). The first-order valence-electron chi connectivity index (χ1n) is 11.7. The molecule has 0 unspecified atom stereocenters. The number of fused-ring (bicyclic) bond motifs is 1. The number of nitrogens with zero attached hydrogens (tertiary/aromatic N) is 1. The number of aryl methyl sites for hydroxylation is 3. The summed E-state index contributed by atoms with van der Waals surface area (Å²) in [4.78, 5) is 26.5. The van der Waals surface area contributed by atoms with Crippen LogP contribution >= 0.6 is 0 Å². The Morgan fingerprint density at radius 3 is 2.34 bits per heavy atom. The first kappa shape index (κ1) is 24.1. The van der Waals surface area contributed by atoms with Crippen molar-refractivity contribution in [1.82, 2.24) is 4.57 Å². The third-order valence-corrected chi connectivity index (χ3v) is 6.18. The lowest BCUT2D eigenvalue weighted by Crippen LogP contribution is -2.30. The maximum atomic E-state index is 13.5. The molecule has 0 saturated heterocycles. The summed E-state index contributed by atoms with van der Waals surface area (Å²) in [6.07, 6.45) is 2.32. The Bertz CT molecular complexity index is 1390. The normalized spacial score (nSPS) is 10.8. The average molecular weight is 471 g/mol. The van der Waals surface area contributed by atoms with Crippen molar-refractivity contribution in [3.63, 3.8) is 0 Å². The molecule has 0 aliphatic heterocycles. The summed E-state index contributed by atoms with van der Waals surface area (Å²) in [5.41, 5.74) is 4.18. The molecule has 6 heteroatoms. The molecule has 0 saturated carbocycles. The molecule has 35 heavy (non-hydrogen) atoms. The Hall–Kier alpha value is -4.06. The third kappa shape index (κ3) is 5.54. The van der Waals surface area contributed by atoms with Gasteiger partial charge >= 0.3 is 0 Å². The number of anilines is 1. The first-order chi connectivity index (χ1) is 17.0. The second-order valence-electron chi connectivity index (χ2n) is 8.40. The highest BCUT2D eigenvalue weighted by molar-refractivity contribution is 5.93. The number of hydrogen-bond donors (Lipinski definition) is 1. The molecule has 1 N–H and O–H groups in total. The van der Waals surface area contributed by atoms with Crippen LogP contribution in [-0.4, -0.2) is 24.7 Å². The zero-order valence-electron chi connectivity index (χ0n) is 20.3. The Morgan fingerprint density at radius 2 is 1.63 bits per heavy atom. The van der Waals surface area contributed by atoms with Gasteiger partial charge < -0.3 is 14.8 Å². The highest BCUT2D eigenvalue weighted by Gasteiger charge is 2.15. The molecule has 6 nitrogen and oxygen atoms in total. The molecular formula is C29H30N2O4. The molecule has 0 aliphatic carbocycles. The fourth-order valence-electron chi connectivity index (χ4n) is 4.18. The maximum Gasteiger partial charge on any atom is 0.254 e. The van der Waals surface area contributed by atoms with Crippen LogP contribution in [0.4, 0.5) is 5.69 Å². The Balaban J connectivity index is 1.66. The van der Waals surface area contributed by atoms with E-state index < -0.39 is 0 Å². The Morgan fingerprint density at radius 1 is 0.886 bits per heavy atom. The van der Waals surface area contributed by atoms with E-state index in [0.29, 0.717) is 34.7 Å². The summed E-state index contributed by atoms with van der Waals surface area (Å²) in [5.74, 6) is 0.871. The van der Waals surface area contributed by atoms with E-state index in [2.05, 4.69) is 36.5 Å².